The summed E-state index contributed by atoms with van der Waals surface area (Å²) in [5.41, 5.74) is 6.74. The van der Waals surface area contributed by atoms with Crippen LogP contribution in [0, 0.1) is 5.92 Å². The maximum atomic E-state index is 13.9. The zero-order valence-corrected chi connectivity index (χ0v) is 35.8. The SMILES string of the molecule is CCCN(Cc1ncc(-c2ccc3cc(-c4ccc(-c5cnc([C@@H]6CCCN6C(=O)[C@H](Cc6ccccc6)NC(=O)OC)[nH]5)cc4)ccc3c2)[nH]1)C(=O)[C@@H](NC(=O)OC)C(C)C. The van der Waals surface area contributed by atoms with Gasteiger partial charge in [0.05, 0.1) is 50.6 Å². The highest BCUT2D eigenvalue weighted by Crippen LogP contribution is 2.34. The molecule has 0 spiro atoms. The number of likely N-dealkylation sites (tertiary alicyclic amines) is 1. The molecule has 1 fully saturated rings. The van der Waals surface area contributed by atoms with Crippen molar-refractivity contribution in [1.82, 2.24) is 40.4 Å². The predicted octanol–water partition coefficient (Wildman–Crippen LogP) is 8.04. The van der Waals surface area contributed by atoms with E-state index in [4.69, 9.17) is 14.5 Å². The van der Waals surface area contributed by atoms with Crippen molar-refractivity contribution in [2.45, 2.75) is 71.1 Å². The summed E-state index contributed by atoms with van der Waals surface area (Å²) in [5.74, 6) is 0.893. The van der Waals surface area contributed by atoms with Gasteiger partial charge in [-0.2, -0.15) is 0 Å². The lowest BCUT2D eigenvalue weighted by atomic mass is 9.98. The van der Waals surface area contributed by atoms with E-state index < -0.39 is 24.3 Å². The zero-order valence-electron chi connectivity index (χ0n) is 35.8. The van der Waals surface area contributed by atoms with E-state index in [0.717, 1.165) is 69.2 Å². The quantitative estimate of drug-likeness (QED) is 0.0804. The summed E-state index contributed by atoms with van der Waals surface area (Å²) in [6.07, 6.45) is 5.01. The molecule has 1 aliphatic heterocycles. The Morgan fingerprint density at radius 2 is 1.42 bits per heavy atom. The zero-order chi connectivity index (χ0) is 43.8. The minimum absolute atomic E-state index is 0.124. The first-order chi connectivity index (χ1) is 30.0. The molecule has 0 aliphatic carbocycles. The Kier molecular flexibility index (Phi) is 13.6. The number of methoxy groups -OCH3 is 2. The van der Waals surface area contributed by atoms with Crippen molar-refractivity contribution >= 4 is 34.8 Å². The first-order valence-electron chi connectivity index (χ1n) is 21.1. The van der Waals surface area contributed by atoms with Crippen molar-refractivity contribution in [2.24, 2.45) is 5.92 Å². The summed E-state index contributed by atoms with van der Waals surface area (Å²) in [6.45, 7) is 7.16. The summed E-state index contributed by atoms with van der Waals surface area (Å²) in [7, 11) is 2.58. The monoisotopic (exact) mass is 838 g/mol. The van der Waals surface area contributed by atoms with Gasteiger partial charge in [0, 0.05) is 25.1 Å². The predicted molar refractivity (Wildman–Crippen MR) is 238 cm³/mol. The van der Waals surface area contributed by atoms with Gasteiger partial charge in [-0.15, -0.1) is 0 Å². The number of amides is 4. The molecule has 4 aromatic carbocycles. The molecule has 3 heterocycles. The third kappa shape index (κ3) is 9.97. The maximum Gasteiger partial charge on any atom is 0.407 e. The van der Waals surface area contributed by atoms with Gasteiger partial charge in [-0.25, -0.2) is 19.6 Å². The molecule has 14 heteroatoms. The number of imidazole rings is 2. The van der Waals surface area contributed by atoms with Gasteiger partial charge >= 0.3 is 12.2 Å². The molecule has 3 atom stereocenters. The summed E-state index contributed by atoms with van der Waals surface area (Å²) >= 11 is 0. The van der Waals surface area contributed by atoms with Gasteiger partial charge in [-0.1, -0.05) is 99.6 Å². The van der Waals surface area contributed by atoms with Crippen LogP contribution in [0.1, 0.15) is 63.3 Å². The van der Waals surface area contributed by atoms with E-state index in [2.05, 4.69) is 86.2 Å². The van der Waals surface area contributed by atoms with E-state index >= 15 is 0 Å². The van der Waals surface area contributed by atoms with Crippen molar-refractivity contribution in [3.8, 4) is 33.6 Å². The van der Waals surface area contributed by atoms with Gasteiger partial charge in [0.15, 0.2) is 0 Å². The lowest BCUT2D eigenvalue weighted by Gasteiger charge is -2.28. The molecule has 7 rings (SSSR count). The van der Waals surface area contributed by atoms with Crippen LogP contribution in [0.3, 0.4) is 0 Å². The molecule has 0 saturated carbocycles. The fourth-order valence-electron chi connectivity index (χ4n) is 8.06. The molecule has 0 unspecified atom stereocenters. The molecule has 0 bridgehead atoms. The van der Waals surface area contributed by atoms with Crippen LogP contribution >= 0.6 is 0 Å². The standard InChI is InChI=1S/C48H54N8O6/c1-6-22-55(46(58)43(30(2)3)54-48(60)62-5)29-42-49-27-40(51-42)37-21-20-35-25-34(18-19-36(35)26-37)32-14-16-33(17-15-32)39-28-50-44(52-39)41-13-10-23-56(41)45(57)38(53-47(59)61-4)24-31-11-8-7-9-12-31/h7-9,11-12,14-21,25-28,30,38,41,43H,6,10,13,22-24,29H2,1-5H3,(H,49,51)(H,50,52)(H,53,59)(H,54,60)/t38-,41-,43-/m0/s1. The molecule has 4 amide bonds. The van der Waals surface area contributed by atoms with E-state index in [0.29, 0.717) is 31.2 Å². The van der Waals surface area contributed by atoms with Gasteiger partial charge in [0.25, 0.3) is 0 Å². The molecule has 6 aromatic rings. The van der Waals surface area contributed by atoms with Crippen LogP contribution in [0.15, 0.2) is 103 Å². The lowest BCUT2D eigenvalue weighted by molar-refractivity contribution is -0.135. The van der Waals surface area contributed by atoms with Gasteiger partial charge in [0.1, 0.15) is 23.7 Å². The number of ether oxygens (including phenoxy) is 2. The van der Waals surface area contributed by atoms with Gasteiger partial charge in [-0.05, 0) is 70.3 Å². The molecule has 2 aromatic heterocycles. The largest absolute Gasteiger partial charge is 0.453 e. The number of rotatable bonds is 15. The van der Waals surface area contributed by atoms with Crippen molar-refractivity contribution in [2.75, 3.05) is 27.3 Å². The number of nitrogens with zero attached hydrogens (tertiary/aromatic N) is 4. The second-order valence-corrected chi connectivity index (χ2v) is 16.0. The van der Waals surface area contributed by atoms with Crippen LogP contribution in [-0.2, 0) is 32.0 Å². The minimum Gasteiger partial charge on any atom is -0.453 e. The summed E-state index contributed by atoms with van der Waals surface area (Å²) < 4.78 is 9.60. The number of aromatic nitrogens is 4. The van der Waals surface area contributed by atoms with E-state index in [-0.39, 0.29) is 30.3 Å². The number of fused-ring (bicyclic) bond motifs is 1. The molecule has 0 radical (unpaired) electrons. The van der Waals surface area contributed by atoms with Crippen LogP contribution in [0.2, 0.25) is 0 Å². The molecule has 14 nitrogen and oxygen atoms in total. The van der Waals surface area contributed by atoms with E-state index in [1.807, 2.05) is 62.2 Å². The number of H-pyrrole nitrogens is 2. The number of hydrogen-bond donors (Lipinski definition) is 4. The molecule has 1 saturated heterocycles. The highest BCUT2D eigenvalue weighted by atomic mass is 16.5. The van der Waals surface area contributed by atoms with Crippen molar-refractivity contribution in [3.63, 3.8) is 0 Å². The van der Waals surface area contributed by atoms with E-state index in [1.54, 1.807) is 11.1 Å². The first-order valence-corrected chi connectivity index (χ1v) is 21.1. The Balaban J connectivity index is 1.01. The highest BCUT2D eigenvalue weighted by molar-refractivity contribution is 5.91. The number of carbonyl (C=O) groups is 4. The minimum atomic E-state index is -0.774. The Bertz CT molecular complexity index is 2500. The van der Waals surface area contributed by atoms with Gasteiger partial charge in [0.2, 0.25) is 11.8 Å². The number of hydrogen-bond acceptors (Lipinski definition) is 8. The molecular formula is C48H54N8O6. The average Bonchev–Trinajstić information content (AvgIpc) is 4.09. The second kappa shape index (κ2) is 19.6. The first kappa shape index (κ1) is 43.1. The van der Waals surface area contributed by atoms with Crippen molar-refractivity contribution in [3.05, 3.63) is 121 Å². The number of carbonyl (C=O) groups excluding carboxylic acids is 4. The maximum absolute atomic E-state index is 13.9. The number of alkyl carbamates (subject to hydrolysis) is 2. The molecule has 4 N–H and O–H groups in total. The summed E-state index contributed by atoms with van der Waals surface area (Å²) in [5, 5.41) is 7.60. The Hall–Kier alpha value is -6.96. The normalized spacial score (nSPS) is 14.7. The van der Waals surface area contributed by atoms with Crippen LogP contribution < -0.4 is 10.6 Å². The number of aromatic amines is 2. The van der Waals surface area contributed by atoms with E-state index in [9.17, 15) is 19.2 Å². The van der Waals surface area contributed by atoms with Crippen LogP contribution in [0.4, 0.5) is 9.59 Å². The van der Waals surface area contributed by atoms with Gasteiger partial charge in [-0.3, -0.25) is 9.59 Å². The second-order valence-electron chi connectivity index (χ2n) is 16.0. The van der Waals surface area contributed by atoms with Crippen molar-refractivity contribution < 1.29 is 28.7 Å². The van der Waals surface area contributed by atoms with Crippen LogP contribution in [0.25, 0.3) is 44.4 Å². The fraction of sp³-hybridized carbons (Fsp3) is 0.333. The Morgan fingerprint density at radius 3 is 2.11 bits per heavy atom. The van der Waals surface area contributed by atoms with Crippen molar-refractivity contribution in [1.29, 1.82) is 0 Å². The van der Waals surface area contributed by atoms with E-state index in [1.165, 1.54) is 14.2 Å². The third-order valence-corrected chi connectivity index (χ3v) is 11.4. The molecule has 322 valence electrons. The molecule has 1 aliphatic rings. The third-order valence-electron chi connectivity index (χ3n) is 11.4. The van der Waals surface area contributed by atoms with Gasteiger partial charge < -0.3 is 39.9 Å². The van der Waals surface area contributed by atoms with Crippen LogP contribution in [0.5, 0.6) is 0 Å². The highest BCUT2D eigenvalue weighted by Gasteiger charge is 2.36. The average molecular weight is 839 g/mol. The Labute approximate surface area is 361 Å². The van der Waals surface area contributed by atoms with Crippen LogP contribution in [-0.4, -0.2) is 93.1 Å². The lowest BCUT2D eigenvalue weighted by Crippen LogP contribution is -2.51. The summed E-state index contributed by atoms with van der Waals surface area (Å²) in [4.78, 5) is 71.4. The number of benzene rings is 4. The smallest absolute Gasteiger partial charge is 0.407 e. The Morgan fingerprint density at radius 1 is 0.790 bits per heavy atom. The molecule has 62 heavy (non-hydrogen) atoms. The topological polar surface area (TPSA) is 175 Å². The molecular weight excluding hydrogens is 785 g/mol. The number of nitrogens with one attached hydrogen (secondary N) is 4. The fourth-order valence-corrected chi connectivity index (χ4v) is 8.06. The summed E-state index contributed by atoms with van der Waals surface area (Å²) in [6, 6.07) is 28.9.